The Kier molecular flexibility index (Phi) is 7.99. The number of hydrogen-bond acceptors (Lipinski definition) is 8. The molecule has 0 bridgehead atoms. The Morgan fingerprint density at radius 1 is 1.09 bits per heavy atom. The lowest BCUT2D eigenvalue weighted by Crippen LogP contribution is -2.47. The van der Waals surface area contributed by atoms with Gasteiger partial charge in [0.15, 0.2) is 11.5 Å². The van der Waals surface area contributed by atoms with Crippen LogP contribution in [0.2, 0.25) is 0 Å². The van der Waals surface area contributed by atoms with Crippen LogP contribution in [0, 0.1) is 0 Å². The molecule has 9 nitrogen and oxygen atoms in total. The molecule has 0 radical (unpaired) electrons. The Hall–Kier alpha value is -2.34. The number of pyridine rings is 1. The van der Waals surface area contributed by atoms with E-state index >= 15 is 0 Å². The summed E-state index contributed by atoms with van der Waals surface area (Å²) in [5.74, 6) is 0.881. The van der Waals surface area contributed by atoms with Gasteiger partial charge < -0.3 is 19.7 Å². The molecule has 1 fully saturated rings. The van der Waals surface area contributed by atoms with E-state index in [2.05, 4.69) is 15.2 Å². The topological polar surface area (TPSA) is 101 Å². The minimum atomic E-state index is -3.57. The molecule has 0 spiro atoms. The summed E-state index contributed by atoms with van der Waals surface area (Å²) < 4.78 is 37.6. The van der Waals surface area contributed by atoms with Crippen molar-refractivity contribution in [2.75, 3.05) is 52.8 Å². The molecular weight excluding hydrogens is 452 g/mol. The van der Waals surface area contributed by atoms with Crippen molar-refractivity contribution in [3.8, 4) is 11.5 Å². The van der Waals surface area contributed by atoms with E-state index < -0.39 is 15.3 Å². The zero-order chi connectivity index (χ0) is 23.3. The van der Waals surface area contributed by atoms with Crippen molar-refractivity contribution in [1.29, 1.82) is 0 Å². The number of rotatable bonds is 8. The molecule has 1 aromatic heterocycles. The largest absolute Gasteiger partial charge is 0.493 e. The lowest BCUT2D eigenvalue weighted by atomic mass is 10.2. The van der Waals surface area contributed by atoms with Crippen LogP contribution in [0.15, 0.2) is 46.5 Å². The lowest BCUT2D eigenvalue weighted by Gasteiger charge is -2.31. The molecule has 1 amide bonds. The predicted molar refractivity (Wildman–Crippen MR) is 124 cm³/mol. The Morgan fingerprint density at radius 3 is 2.38 bits per heavy atom. The standard InChI is InChI=1S/C21H28N4O5S2/c1-15(21(26)23-16-5-7-18(29-3)19(13-16)30-4)31-20-8-6-17(14-22-20)32(27,28)25-11-9-24(2)10-12-25/h5-8,13-15H,9-12H2,1-4H3,(H,23,26). The highest BCUT2D eigenvalue weighted by atomic mass is 32.2. The number of anilines is 1. The number of amides is 1. The highest BCUT2D eigenvalue weighted by molar-refractivity contribution is 8.00. The number of carbonyl (C=O) groups is 1. The average Bonchev–Trinajstić information content (AvgIpc) is 2.79. The first-order valence-corrected chi connectivity index (χ1v) is 12.4. The molecule has 11 heteroatoms. The first kappa shape index (κ1) is 24.3. The van der Waals surface area contributed by atoms with Crippen molar-refractivity contribution >= 4 is 33.4 Å². The van der Waals surface area contributed by atoms with E-state index in [-0.39, 0.29) is 10.8 Å². The molecular formula is C21H28N4O5S2. The van der Waals surface area contributed by atoms with E-state index in [0.29, 0.717) is 48.4 Å². The molecule has 1 saturated heterocycles. The number of likely N-dealkylation sites (N-methyl/N-ethyl adjacent to an activating group) is 1. The average molecular weight is 481 g/mol. The molecule has 1 aliphatic heterocycles. The minimum Gasteiger partial charge on any atom is -0.493 e. The van der Waals surface area contributed by atoms with Crippen molar-refractivity contribution in [3.05, 3.63) is 36.5 Å². The van der Waals surface area contributed by atoms with Gasteiger partial charge in [0.25, 0.3) is 0 Å². The lowest BCUT2D eigenvalue weighted by molar-refractivity contribution is -0.115. The van der Waals surface area contributed by atoms with Crippen LogP contribution in [-0.4, -0.2) is 81.2 Å². The first-order chi connectivity index (χ1) is 15.2. The second-order valence-electron chi connectivity index (χ2n) is 7.36. The number of thioether (sulfide) groups is 1. The van der Waals surface area contributed by atoms with Crippen LogP contribution in [0.5, 0.6) is 11.5 Å². The van der Waals surface area contributed by atoms with Gasteiger partial charge in [-0.2, -0.15) is 4.31 Å². The van der Waals surface area contributed by atoms with E-state index in [9.17, 15) is 13.2 Å². The van der Waals surface area contributed by atoms with Gasteiger partial charge in [-0.05, 0) is 38.2 Å². The van der Waals surface area contributed by atoms with E-state index in [1.54, 1.807) is 44.4 Å². The number of nitrogens with zero attached hydrogens (tertiary/aromatic N) is 3. The van der Waals surface area contributed by atoms with Crippen LogP contribution < -0.4 is 14.8 Å². The summed E-state index contributed by atoms with van der Waals surface area (Å²) in [5.41, 5.74) is 0.585. The summed E-state index contributed by atoms with van der Waals surface area (Å²) in [4.78, 5) is 19.1. The number of piperazine rings is 1. The zero-order valence-electron chi connectivity index (χ0n) is 18.6. The van der Waals surface area contributed by atoms with Gasteiger partial charge >= 0.3 is 0 Å². The van der Waals surface area contributed by atoms with Gasteiger partial charge in [-0.1, -0.05) is 11.8 Å². The van der Waals surface area contributed by atoms with Crippen molar-refractivity contribution in [3.63, 3.8) is 0 Å². The number of carbonyl (C=O) groups excluding carboxylic acids is 1. The van der Waals surface area contributed by atoms with Crippen molar-refractivity contribution < 1.29 is 22.7 Å². The summed E-state index contributed by atoms with van der Waals surface area (Å²) in [5, 5.41) is 2.96. The second kappa shape index (κ2) is 10.5. The maximum atomic E-state index is 12.8. The van der Waals surface area contributed by atoms with Crippen LogP contribution >= 0.6 is 11.8 Å². The zero-order valence-corrected chi connectivity index (χ0v) is 20.2. The summed E-state index contributed by atoms with van der Waals surface area (Å²) >= 11 is 1.25. The van der Waals surface area contributed by atoms with Gasteiger partial charge in [-0.15, -0.1) is 0 Å². The van der Waals surface area contributed by atoms with Crippen molar-refractivity contribution in [1.82, 2.24) is 14.2 Å². The van der Waals surface area contributed by atoms with Crippen LogP contribution in [0.25, 0.3) is 0 Å². The smallest absolute Gasteiger partial charge is 0.244 e. The van der Waals surface area contributed by atoms with E-state index in [0.717, 1.165) is 0 Å². The van der Waals surface area contributed by atoms with Gasteiger partial charge in [-0.3, -0.25) is 4.79 Å². The maximum Gasteiger partial charge on any atom is 0.244 e. The number of aromatic nitrogens is 1. The van der Waals surface area contributed by atoms with E-state index in [1.807, 2.05) is 7.05 Å². The van der Waals surface area contributed by atoms with Crippen LogP contribution in [-0.2, 0) is 14.8 Å². The van der Waals surface area contributed by atoms with Crippen molar-refractivity contribution in [2.45, 2.75) is 22.1 Å². The summed E-state index contributed by atoms with van der Waals surface area (Å²) in [6, 6.07) is 8.31. The quantitative estimate of drug-likeness (QED) is 0.574. The van der Waals surface area contributed by atoms with Crippen LogP contribution in [0.4, 0.5) is 5.69 Å². The maximum absolute atomic E-state index is 12.8. The van der Waals surface area contributed by atoms with Gasteiger partial charge in [0.05, 0.1) is 24.5 Å². The molecule has 32 heavy (non-hydrogen) atoms. The molecule has 1 unspecified atom stereocenters. The molecule has 2 heterocycles. The highest BCUT2D eigenvalue weighted by Crippen LogP contribution is 2.30. The molecule has 3 rings (SSSR count). The van der Waals surface area contributed by atoms with Gasteiger partial charge in [0.1, 0.15) is 4.90 Å². The van der Waals surface area contributed by atoms with Gasteiger partial charge in [-0.25, -0.2) is 13.4 Å². The summed E-state index contributed by atoms with van der Waals surface area (Å²) in [6.07, 6.45) is 1.36. The fourth-order valence-corrected chi connectivity index (χ4v) is 5.32. The van der Waals surface area contributed by atoms with E-state index in [1.165, 1.54) is 29.4 Å². The minimum absolute atomic E-state index is 0.161. The predicted octanol–water partition coefficient (Wildman–Crippen LogP) is 2.15. The number of benzene rings is 1. The van der Waals surface area contributed by atoms with Crippen LogP contribution in [0.3, 0.4) is 0 Å². The molecule has 0 aliphatic carbocycles. The highest BCUT2D eigenvalue weighted by Gasteiger charge is 2.28. The molecule has 174 valence electrons. The van der Waals surface area contributed by atoms with E-state index in [4.69, 9.17) is 9.47 Å². The monoisotopic (exact) mass is 480 g/mol. The summed E-state index contributed by atoms with van der Waals surface area (Å²) in [6.45, 7) is 4.09. The Bertz CT molecular complexity index is 1040. The Balaban J connectivity index is 1.61. The Labute approximate surface area is 193 Å². The van der Waals surface area contributed by atoms with Gasteiger partial charge in [0, 0.05) is 44.1 Å². The normalized spacial score (nSPS) is 16.4. The number of ether oxygens (including phenoxy) is 2. The van der Waals surface area contributed by atoms with Crippen molar-refractivity contribution in [2.24, 2.45) is 0 Å². The first-order valence-electron chi connectivity index (χ1n) is 10.1. The Morgan fingerprint density at radius 2 is 1.78 bits per heavy atom. The molecule has 1 aromatic carbocycles. The third kappa shape index (κ3) is 5.71. The fraction of sp³-hybridized carbons (Fsp3) is 0.429. The number of methoxy groups -OCH3 is 2. The SMILES string of the molecule is COc1ccc(NC(=O)C(C)Sc2ccc(S(=O)(=O)N3CCN(C)CC3)cn2)cc1OC. The number of nitrogens with one attached hydrogen (secondary N) is 1. The summed E-state index contributed by atoms with van der Waals surface area (Å²) in [7, 11) is 1.48. The van der Waals surface area contributed by atoms with Gasteiger partial charge in [0.2, 0.25) is 15.9 Å². The molecule has 1 N–H and O–H groups in total. The molecule has 2 aromatic rings. The fourth-order valence-electron chi connectivity index (χ4n) is 3.16. The molecule has 0 saturated carbocycles. The molecule has 1 atom stereocenters. The third-order valence-corrected chi connectivity index (χ3v) is 8.06. The second-order valence-corrected chi connectivity index (χ2v) is 10.7. The third-order valence-electron chi connectivity index (χ3n) is 5.13. The molecule has 1 aliphatic rings. The number of hydrogen-bond donors (Lipinski definition) is 1. The van der Waals surface area contributed by atoms with Crippen LogP contribution in [0.1, 0.15) is 6.92 Å². The number of sulfonamides is 1.